The van der Waals surface area contributed by atoms with Crippen molar-refractivity contribution < 1.29 is 4.74 Å². The van der Waals surface area contributed by atoms with Gasteiger partial charge in [-0.2, -0.15) is 0 Å². The van der Waals surface area contributed by atoms with Crippen molar-refractivity contribution >= 4 is 33.3 Å². The SMILES string of the molecule is CCCCCCCSc1nc2sc3c(c2c(=O)n1-c1cccc(C)c1)C[C@@H](C(C)C)OC3. The predicted molar refractivity (Wildman–Crippen MR) is 137 cm³/mol. The van der Waals surface area contributed by atoms with E-state index in [4.69, 9.17) is 9.72 Å². The maximum Gasteiger partial charge on any atom is 0.267 e. The molecular formula is C26H34N2O2S2. The first-order valence-electron chi connectivity index (χ1n) is 11.9. The summed E-state index contributed by atoms with van der Waals surface area (Å²) < 4.78 is 7.92. The minimum Gasteiger partial charge on any atom is -0.372 e. The Morgan fingerprint density at radius 3 is 2.81 bits per heavy atom. The molecule has 1 aliphatic rings. The van der Waals surface area contributed by atoms with Crippen LogP contribution in [0.2, 0.25) is 0 Å². The molecule has 2 aromatic heterocycles. The zero-order valence-corrected chi connectivity index (χ0v) is 21.3. The summed E-state index contributed by atoms with van der Waals surface area (Å²) in [6.45, 7) is 9.26. The third-order valence-electron chi connectivity index (χ3n) is 6.19. The Kier molecular flexibility index (Phi) is 7.74. The Labute approximate surface area is 199 Å². The van der Waals surface area contributed by atoms with Crippen LogP contribution >= 0.6 is 23.1 Å². The lowest BCUT2D eigenvalue weighted by atomic mass is 9.96. The molecule has 6 heteroatoms. The summed E-state index contributed by atoms with van der Waals surface area (Å²) in [6, 6.07) is 8.19. The number of rotatable bonds is 9. The summed E-state index contributed by atoms with van der Waals surface area (Å²) in [5.74, 6) is 1.41. The zero-order valence-electron chi connectivity index (χ0n) is 19.6. The number of ether oxygens (including phenoxy) is 1. The number of benzene rings is 1. The molecule has 4 rings (SSSR count). The molecule has 0 N–H and O–H groups in total. The summed E-state index contributed by atoms with van der Waals surface area (Å²) in [7, 11) is 0. The van der Waals surface area contributed by atoms with Crippen LogP contribution in [-0.2, 0) is 17.8 Å². The molecule has 0 fully saturated rings. The highest BCUT2D eigenvalue weighted by atomic mass is 32.2. The Bertz CT molecular complexity index is 1130. The summed E-state index contributed by atoms with van der Waals surface area (Å²) >= 11 is 3.35. The van der Waals surface area contributed by atoms with E-state index in [9.17, 15) is 4.79 Å². The molecule has 3 aromatic rings. The number of unbranched alkanes of at least 4 members (excludes halogenated alkanes) is 4. The van der Waals surface area contributed by atoms with Gasteiger partial charge >= 0.3 is 0 Å². The van der Waals surface area contributed by atoms with E-state index in [-0.39, 0.29) is 11.7 Å². The maximum absolute atomic E-state index is 13.9. The molecule has 0 spiro atoms. The molecule has 0 saturated carbocycles. The number of thiophene rings is 1. The summed E-state index contributed by atoms with van der Waals surface area (Å²) in [5.41, 5.74) is 3.27. The van der Waals surface area contributed by atoms with Crippen molar-refractivity contribution in [2.75, 3.05) is 5.75 Å². The van der Waals surface area contributed by atoms with Crippen LogP contribution in [0.1, 0.15) is 68.9 Å². The fraction of sp³-hybridized carbons (Fsp3) is 0.538. The van der Waals surface area contributed by atoms with E-state index in [0.717, 1.165) is 50.8 Å². The van der Waals surface area contributed by atoms with Crippen LogP contribution in [0, 0.1) is 12.8 Å². The van der Waals surface area contributed by atoms with Gasteiger partial charge in [-0.05, 0) is 42.5 Å². The monoisotopic (exact) mass is 470 g/mol. The molecule has 1 aliphatic heterocycles. The number of nitrogens with zero attached hydrogens (tertiary/aromatic N) is 2. The van der Waals surface area contributed by atoms with Crippen molar-refractivity contribution in [3.63, 3.8) is 0 Å². The van der Waals surface area contributed by atoms with Gasteiger partial charge in [-0.25, -0.2) is 4.98 Å². The van der Waals surface area contributed by atoms with Crippen LogP contribution in [0.5, 0.6) is 0 Å². The van der Waals surface area contributed by atoms with E-state index in [1.165, 1.54) is 30.6 Å². The van der Waals surface area contributed by atoms with Crippen LogP contribution in [0.25, 0.3) is 15.9 Å². The van der Waals surface area contributed by atoms with Gasteiger partial charge in [0.15, 0.2) is 5.16 Å². The van der Waals surface area contributed by atoms with E-state index in [1.807, 2.05) is 16.7 Å². The maximum atomic E-state index is 13.9. The van der Waals surface area contributed by atoms with Crippen LogP contribution in [0.3, 0.4) is 0 Å². The lowest BCUT2D eigenvalue weighted by Crippen LogP contribution is -2.28. The standard InChI is InChI=1S/C26H34N2O2S2/c1-5-6-7-8-9-13-31-26-27-24-23(20-15-21(17(2)3)30-16-22(20)32-24)25(29)28(26)19-12-10-11-18(4)14-19/h10-12,14,17,21H,5-9,13,15-16H2,1-4H3/t21-/m0/s1. The van der Waals surface area contributed by atoms with Gasteiger partial charge in [0.05, 0.1) is 23.8 Å². The average molecular weight is 471 g/mol. The van der Waals surface area contributed by atoms with E-state index >= 15 is 0 Å². The van der Waals surface area contributed by atoms with E-state index in [2.05, 4.69) is 39.8 Å². The van der Waals surface area contributed by atoms with Gasteiger partial charge in [0.2, 0.25) is 0 Å². The molecule has 1 atom stereocenters. The van der Waals surface area contributed by atoms with Crippen molar-refractivity contribution in [2.24, 2.45) is 5.92 Å². The van der Waals surface area contributed by atoms with Gasteiger partial charge < -0.3 is 4.74 Å². The van der Waals surface area contributed by atoms with E-state index in [0.29, 0.717) is 12.5 Å². The van der Waals surface area contributed by atoms with E-state index in [1.54, 1.807) is 23.1 Å². The zero-order chi connectivity index (χ0) is 22.7. The molecule has 4 nitrogen and oxygen atoms in total. The molecule has 0 amide bonds. The normalized spacial score (nSPS) is 16.1. The van der Waals surface area contributed by atoms with Crippen molar-refractivity contribution in [3.8, 4) is 5.69 Å². The fourth-order valence-electron chi connectivity index (χ4n) is 4.30. The van der Waals surface area contributed by atoms with Crippen molar-refractivity contribution in [3.05, 3.63) is 50.6 Å². The number of fused-ring (bicyclic) bond motifs is 3. The third kappa shape index (κ3) is 4.97. The second-order valence-corrected chi connectivity index (χ2v) is 11.3. The lowest BCUT2D eigenvalue weighted by molar-refractivity contribution is 0.00200. The highest BCUT2D eigenvalue weighted by Crippen LogP contribution is 2.36. The number of aryl methyl sites for hydroxylation is 1. The minimum absolute atomic E-state index is 0.0657. The van der Waals surface area contributed by atoms with Crippen LogP contribution in [0.4, 0.5) is 0 Å². The first-order valence-corrected chi connectivity index (χ1v) is 13.7. The third-order valence-corrected chi connectivity index (χ3v) is 8.32. The topological polar surface area (TPSA) is 44.1 Å². The van der Waals surface area contributed by atoms with E-state index < -0.39 is 0 Å². The quantitative estimate of drug-likeness (QED) is 0.193. The molecule has 1 aromatic carbocycles. The van der Waals surface area contributed by atoms with Gasteiger partial charge in [-0.3, -0.25) is 9.36 Å². The van der Waals surface area contributed by atoms with Crippen LogP contribution in [-0.4, -0.2) is 21.4 Å². The largest absolute Gasteiger partial charge is 0.372 e. The fourth-order valence-corrected chi connectivity index (χ4v) is 6.47. The van der Waals surface area contributed by atoms with Crippen molar-refractivity contribution in [1.29, 1.82) is 0 Å². The highest BCUT2D eigenvalue weighted by Gasteiger charge is 2.28. The van der Waals surface area contributed by atoms with Gasteiger partial charge in [0.1, 0.15) is 4.83 Å². The van der Waals surface area contributed by atoms with Crippen LogP contribution in [0.15, 0.2) is 34.2 Å². The summed E-state index contributed by atoms with van der Waals surface area (Å²) in [4.78, 5) is 21.0. The first-order chi connectivity index (χ1) is 15.5. The average Bonchev–Trinajstić information content (AvgIpc) is 3.14. The smallest absolute Gasteiger partial charge is 0.267 e. The van der Waals surface area contributed by atoms with Crippen LogP contribution < -0.4 is 5.56 Å². The van der Waals surface area contributed by atoms with Crippen molar-refractivity contribution in [2.45, 2.75) is 84.1 Å². The Hall–Kier alpha value is -1.63. The van der Waals surface area contributed by atoms with Gasteiger partial charge in [-0.15, -0.1) is 11.3 Å². The highest BCUT2D eigenvalue weighted by molar-refractivity contribution is 7.99. The van der Waals surface area contributed by atoms with Gasteiger partial charge in [0, 0.05) is 17.1 Å². The number of aromatic nitrogens is 2. The first kappa shape index (κ1) is 23.5. The van der Waals surface area contributed by atoms with Gasteiger partial charge in [-0.1, -0.05) is 70.3 Å². The molecule has 0 unspecified atom stereocenters. The Morgan fingerprint density at radius 1 is 1.25 bits per heavy atom. The van der Waals surface area contributed by atoms with Crippen molar-refractivity contribution in [1.82, 2.24) is 9.55 Å². The summed E-state index contributed by atoms with van der Waals surface area (Å²) in [6.07, 6.45) is 7.16. The second-order valence-electron chi connectivity index (χ2n) is 9.12. The minimum atomic E-state index is 0.0657. The molecule has 3 heterocycles. The number of hydrogen-bond acceptors (Lipinski definition) is 5. The van der Waals surface area contributed by atoms with Gasteiger partial charge in [0.25, 0.3) is 5.56 Å². The lowest BCUT2D eigenvalue weighted by Gasteiger charge is -2.26. The molecular weight excluding hydrogens is 436 g/mol. The molecule has 172 valence electrons. The Balaban J connectivity index is 1.75. The second kappa shape index (κ2) is 10.5. The molecule has 0 radical (unpaired) electrons. The molecule has 32 heavy (non-hydrogen) atoms. The summed E-state index contributed by atoms with van der Waals surface area (Å²) in [5, 5.41) is 1.61. The number of hydrogen-bond donors (Lipinski definition) is 0. The molecule has 0 aliphatic carbocycles. The predicted octanol–water partition coefficient (Wildman–Crippen LogP) is 6.92. The Morgan fingerprint density at radius 2 is 2.06 bits per heavy atom. The molecule has 0 saturated heterocycles. The molecule has 0 bridgehead atoms. The number of thioether (sulfide) groups is 1.